The number of nitro groups is 1. The van der Waals surface area contributed by atoms with Crippen molar-refractivity contribution < 1.29 is 24.0 Å². The maximum Gasteiger partial charge on any atom is 0.329 e. The van der Waals surface area contributed by atoms with E-state index < -0.39 is 40.5 Å². The molecule has 0 fully saturated rings. The minimum atomic E-state index is -1.08. The van der Waals surface area contributed by atoms with Gasteiger partial charge in [-0.3, -0.25) is 19.7 Å². The number of hydrogen-bond acceptors (Lipinski definition) is 6. The van der Waals surface area contributed by atoms with E-state index in [1.165, 1.54) is 32.1 Å². The van der Waals surface area contributed by atoms with Crippen LogP contribution in [0.1, 0.15) is 24.2 Å². The number of ether oxygens (including phenoxy) is 1. The van der Waals surface area contributed by atoms with Gasteiger partial charge in [0, 0.05) is 18.2 Å². The average Bonchev–Trinajstić information content (AvgIpc) is 2.59. The molecule has 10 heteroatoms. The normalized spacial score (nSPS) is 12.4. The maximum absolute atomic E-state index is 12.1. The molecule has 140 valence electrons. The first-order valence-electron chi connectivity index (χ1n) is 7.51. The molecule has 2 atom stereocenters. The van der Waals surface area contributed by atoms with Crippen LogP contribution in [-0.2, 0) is 14.3 Å². The number of amides is 2. The molecule has 0 aliphatic rings. The van der Waals surface area contributed by atoms with Crippen LogP contribution in [0.2, 0.25) is 5.02 Å². The molecule has 0 radical (unpaired) electrons. The molecule has 0 bridgehead atoms. The molecular weight excluding hydrogens is 366 g/mol. The first-order valence-corrected chi connectivity index (χ1v) is 7.89. The summed E-state index contributed by atoms with van der Waals surface area (Å²) in [5.74, 6) is -2.06. The molecule has 0 aliphatic carbocycles. The molecule has 9 nitrogen and oxygen atoms in total. The van der Waals surface area contributed by atoms with Gasteiger partial charge in [0.15, 0.2) is 6.10 Å². The Bertz CT molecular complexity index is 737. The van der Waals surface area contributed by atoms with Crippen LogP contribution in [-0.4, -0.2) is 41.4 Å². The van der Waals surface area contributed by atoms with Gasteiger partial charge in [-0.1, -0.05) is 17.7 Å². The lowest BCUT2D eigenvalue weighted by Crippen LogP contribution is -2.43. The third-order valence-electron chi connectivity index (χ3n) is 3.19. The van der Waals surface area contributed by atoms with Gasteiger partial charge in [-0.05, 0) is 26.0 Å². The predicted octanol–water partition coefficient (Wildman–Crippen LogP) is 1.60. The summed E-state index contributed by atoms with van der Waals surface area (Å²) in [6.45, 7) is 6.41. The fraction of sp³-hybridized carbons (Fsp3) is 0.312. The van der Waals surface area contributed by atoms with Crippen LogP contribution in [0.15, 0.2) is 30.9 Å². The van der Waals surface area contributed by atoms with Gasteiger partial charge in [-0.25, -0.2) is 4.79 Å². The van der Waals surface area contributed by atoms with Crippen LogP contribution < -0.4 is 10.6 Å². The summed E-state index contributed by atoms with van der Waals surface area (Å²) in [6.07, 6.45) is 0.416. The number of nitrogens with zero attached hydrogens (tertiary/aromatic N) is 1. The average molecular weight is 384 g/mol. The topological polar surface area (TPSA) is 128 Å². The van der Waals surface area contributed by atoms with Gasteiger partial charge in [0.1, 0.15) is 11.1 Å². The molecule has 1 aromatic carbocycles. The molecule has 26 heavy (non-hydrogen) atoms. The molecule has 0 aliphatic heterocycles. The van der Waals surface area contributed by atoms with E-state index in [0.29, 0.717) is 0 Å². The maximum atomic E-state index is 12.1. The number of halogens is 1. The van der Waals surface area contributed by atoms with Crippen molar-refractivity contribution >= 4 is 35.1 Å². The van der Waals surface area contributed by atoms with E-state index in [-0.39, 0.29) is 17.1 Å². The third-order valence-corrected chi connectivity index (χ3v) is 3.51. The van der Waals surface area contributed by atoms with Crippen molar-refractivity contribution in [3.63, 3.8) is 0 Å². The highest BCUT2D eigenvalue weighted by atomic mass is 35.5. The van der Waals surface area contributed by atoms with Crippen molar-refractivity contribution in [2.75, 3.05) is 6.54 Å². The second kappa shape index (κ2) is 9.52. The zero-order valence-electron chi connectivity index (χ0n) is 14.2. The summed E-state index contributed by atoms with van der Waals surface area (Å²) in [5, 5.41) is 15.6. The molecule has 0 heterocycles. The summed E-state index contributed by atoms with van der Waals surface area (Å²) < 4.78 is 4.96. The number of carbonyl (C=O) groups is 3. The third kappa shape index (κ3) is 5.85. The van der Waals surface area contributed by atoms with Crippen molar-refractivity contribution in [1.82, 2.24) is 10.6 Å². The van der Waals surface area contributed by atoms with Crippen LogP contribution in [0.3, 0.4) is 0 Å². The van der Waals surface area contributed by atoms with Gasteiger partial charge in [0.25, 0.3) is 17.5 Å². The standard InChI is InChI=1S/C16H18ClN3O6/c1-4-7-18-14(21)10(3)26-16(23)9(2)19-15(22)11-5-6-12(17)13(8-11)20(24)25/h4-6,8-10H,1,7H2,2-3H3,(H,18,21)(H,19,22)/t9-,10-/m0/s1. The van der Waals surface area contributed by atoms with Gasteiger partial charge in [-0.2, -0.15) is 0 Å². The van der Waals surface area contributed by atoms with E-state index in [1.54, 1.807) is 0 Å². The van der Waals surface area contributed by atoms with Crippen LogP contribution >= 0.6 is 11.6 Å². The minimum absolute atomic E-state index is 0.0440. The number of esters is 1. The number of nitrogens with one attached hydrogen (secondary N) is 2. The lowest BCUT2D eigenvalue weighted by atomic mass is 10.1. The van der Waals surface area contributed by atoms with E-state index >= 15 is 0 Å². The molecule has 0 aromatic heterocycles. The van der Waals surface area contributed by atoms with Crippen LogP contribution in [0, 0.1) is 10.1 Å². The zero-order valence-corrected chi connectivity index (χ0v) is 14.9. The highest BCUT2D eigenvalue weighted by molar-refractivity contribution is 6.32. The number of nitro benzene ring substituents is 1. The van der Waals surface area contributed by atoms with Crippen molar-refractivity contribution in [2.45, 2.75) is 26.0 Å². The Morgan fingerprint density at radius 3 is 2.62 bits per heavy atom. The fourth-order valence-electron chi connectivity index (χ4n) is 1.78. The zero-order chi connectivity index (χ0) is 19.9. The first-order chi connectivity index (χ1) is 12.2. The Hall–Kier alpha value is -2.94. The summed E-state index contributed by atoms with van der Waals surface area (Å²) in [5.41, 5.74) is -0.473. The second-order valence-electron chi connectivity index (χ2n) is 5.23. The van der Waals surface area contributed by atoms with Crippen molar-refractivity contribution in [2.24, 2.45) is 0 Å². The molecule has 2 N–H and O–H groups in total. The summed E-state index contributed by atoms with van der Waals surface area (Å²) >= 11 is 5.68. The van der Waals surface area contributed by atoms with Crippen LogP contribution in [0.25, 0.3) is 0 Å². The van der Waals surface area contributed by atoms with Gasteiger partial charge in [0.05, 0.1) is 4.92 Å². The molecule has 0 saturated carbocycles. The Labute approximate surface area is 154 Å². The molecule has 2 amide bonds. The molecule has 1 aromatic rings. The van der Waals surface area contributed by atoms with E-state index in [0.717, 1.165) is 6.07 Å². The number of carbonyl (C=O) groups excluding carboxylic acids is 3. The van der Waals surface area contributed by atoms with E-state index in [4.69, 9.17) is 16.3 Å². The Morgan fingerprint density at radius 2 is 2.04 bits per heavy atom. The van der Waals surface area contributed by atoms with E-state index in [1.807, 2.05) is 0 Å². The highest BCUT2D eigenvalue weighted by Gasteiger charge is 2.24. The highest BCUT2D eigenvalue weighted by Crippen LogP contribution is 2.25. The molecule has 0 saturated heterocycles. The largest absolute Gasteiger partial charge is 0.451 e. The van der Waals surface area contributed by atoms with Crippen molar-refractivity contribution in [1.29, 1.82) is 0 Å². The van der Waals surface area contributed by atoms with E-state index in [2.05, 4.69) is 17.2 Å². The van der Waals surface area contributed by atoms with Gasteiger partial charge >= 0.3 is 5.97 Å². The van der Waals surface area contributed by atoms with Crippen molar-refractivity contribution in [3.8, 4) is 0 Å². The van der Waals surface area contributed by atoms with Crippen LogP contribution in [0.5, 0.6) is 0 Å². The predicted molar refractivity (Wildman–Crippen MR) is 93.8 cm³/mol. The van der Waals surface area contributed by atoms with Crippen LogP contribution in [0.4, 0.5) is 5.69 Å². The SMILES string of the molecule is C=CCNC(=O)[C@H](C)OC(=O)[C@H](C)NC(=O)c1ccc(Cl)c([N+](=O)[O-])c1. The van der Waals surface area contributed by atoms with Gasteiger partial charge in [0.2, 0.25) is 0 Å². The number of hydrogen-bond donors (Lipinski definition) is 2. The molecular formula is C16H18ClN3O6. The van der Waals surface area contributed by atoms with Gasteiger partial charge in [-0.15, -0.1) is 6.58 Å². The lowest BCUT2D eigenvalue weighted by molar-refractivity contribution is -0.384. The lowest BCUT2D eigenvalue weighted by Gasteiger charge is -2.17. The smallest absolute Gasteiger partial charge is 0.329 e. The second-order valence-corrected chi connectivity index (χ2v) is 5.64. The minimum Gasteiger partial charge on any atom is -0.451 e. The molecule has 1 rings (SSSR count). The van der Waals surface area contributed by atoms with Crippen molar-refractivity contribution in [3.05, 3.63) is 51.6 Å². The Kier molecular flexibility index (Phi) is 7.73. The first kappa shape index (κ1) is 21.1. The quantitative estimate of drug-likeness (QED) is 0.304. The van der Waals surface area contributed by atoms with E-state index in [9.17, 15) is 24.5 Å². The molecule has 0 unspecified atom stereocenters. The summed E-state index contributed by atoms with van der Waals surface area (Å²) in [7, 11) is 0. The summed E-state index contributed by atoms with van der Waals surface area (Å²) in [4.78, 5) is 45.9. The monoisotopic (exact) mass is 383 g/mol. The molecule has 0 spiro atoms. The summed E-state index contributed by atoms with van der Waals surface area (Å²) in [6, 6.07) is 2.42. The Morgan fingerprint density at radius 1 is 1.38 bits per heavy atom. The number of rotatable bonds is 8. The van der Waals surface area contributed by atoms with Gasteiger partial charge < -0.3 is 15.4 Å². The fourth-order valence-corrected chi connectivity index (χ4v) is 1.97. The number of benzene rings is 1. The Balaban J connectivity index is 2.70.